The first kappa shape index (κ1) is 47.4. The molecule has 0 bridgehead atoms. The van der Waals surface area contributed by atoms with Gasteiger partial charge in [0.05, 0.1) is 34.9 Å². The third-order valence-electron chi connectivity index (χ3n) is 17.4. The lowest BCUT2D eigenvalue weighted by atomic mass is 9.49. The van der Waals surface area contributed by atoms with E-state index in [9.17, 15) is 14.9 Å². The van der Waals surface area contributed by atoms with E-state index in [1.807, 2.05) is 22.8 Å². The fourth-order valence-electron chi connectivity index (χ4n) is 13.8. The summed E-state index contributed by atoms with van der Waals surface area (Å²) in [5.41, 5.74) is 9.13. The molecule has 16 heteroatoms. The van der Waals surface area contributed by atoms with Gasteiger partial charge in [-0.3, -0.25) is 19.0 Å². The van der Waals surface area contributed by atoms with E-state index in [2.05, 4.69) is 98.8 Å². The van der Waals surface area contributed by atoms with E-state index in [0.29, 0.717) is 51.9 Å². The molecule has 6 aliphatic rings. The lowest BCUT2D eigenvalue weighted by Crippen LogP contribution is -2.74. The summed E-state index contributed by atoms with van der Waals surface area (Å²) < 4.78 is 10.7. The molecule has 0 radical (unpaired) electrons. The van der Waals surface area contributed by atoms with Gasteiger partial charge in [-0.2, -0.15) is 15.5 Å². The van der Waals surface area contributed by atoms with Gasteiger partial charge in [-0.25, -0.2) is 9.97 Å². The average Bonchev–Trinajstić information content (AvgIpc) is 3.97. The highest BCUT2D eigenvalue weighted by Crippen LogP contribution is 2.56. The summed E-state index contributed by atoms with van der Waals surface area (Å²) >= 11 is 6.29. The van der Waals surface area contributed by atoms with Crippen LogP contribution in [0.15, 0.2) is 55.1 Å². The molecular formula is C55H67ClN12O3. The molecule has 2 saturated heterocycles. The Bertz CT molecular complexity index is 2890. The monoisotopic (exact) mass is 979 g/mol. The maximum Gasteiger partial charge on any atom is 0.254 e. The van der Waals surface area contributed by atoms with Gasteiger partial charge in [0.1, 0.15) is 17.9 Å². The minimum Gasteiger partial charge on any atom is -0.489 e. The lowest BCUT2D eigenvalue weighted by molar-refractivity contribution is -0.164. The third-order valence-corrected chi connectivity index (χ3v) is 17.7. The molecule has 2 amide bonds. The number of piperidine rings is 1. The number of carbonyl (C=O) groups is 2. The van der Waals surface area contributed by atoms with Crippen LogP contribution in [0.1, 0.15) is 124 Å². The fraction of sp³-hybridized carbons (Fsp3) is 0.545. The Balaban J connectivity index is 0.687. The predicted octanol–water partition coefficient (Wildman–Crippen LogP) is 8.59. The summed E-state index contributed by atoms with van der Waals surface area (Å²) in [5.74, 6) is 2.24. The standard InChI is InChI=1S/C55H67ClN12O3/c1-34-23-47-36(24-43(34)39-29-60-63(7)30-39)9-8-19-67(47)48-44-31-65(35(2)69)22-16-46(44)68(62-48)41-14-20-64(21-15-41)40-12-17-55(18-13-40)32-66(33-55)52-58-27-38(28-59-52)49(70)61-50-53(3,4)51(54(50,5)6)71-42-11-10-37(26-57)45(56)25-42/h10-11,23-25,27-30,40-41,50-51H,8-9,12-22,31-33H2,1-7H3,(H,61,70). The van der Waals surface area contributed by atoms with Gasteiger partial charge in [0, 0.05) is 135 Å². The zero-order valence-corrected chi connectivity index (χ0v) is 43.1. The number of ether oxygens (including phenoxy) is 1. The molecule has 15 nitrogen and oxygen atoms in total. The first-order chi connectivity index (χ1) is 34.0. The molecule has 0 unspecified atom stereocenters. The molecule has 1 spiro atoms. The van der Waals surface area contributed by atoms with Crippen LogP contribution in [0.3, 0.4) is 0 Å². The maximum atomic E-state index is 13.6. The zero-order valence-electron chi connectivity index (χ0n) is 42.3. The van der Waals surface area contributed by atoms with Gasteiger partial charge in [0.2, 0.25) is 11.9 Å². The van der Waals surface area contributed by atoms with Crippen LogP contribution in [-0.2, 0) is 31.2 Å². The molecule has 7 heterocycles. The zero-order chi connectivity index (χ0) is 49.6. The van der Waals surface area contributed by atoms with Gasteiger partial charge in [0.25, 0.3) is 5.91 Å². The molecule has 372 valence electrons. The average molecular weight is 980 g/mol. The van der Waals surface area contributed by atoms with E-state index in [0.717, 1.165) is 82.8 Å². The quantitative estimate of drug-likeness (QED) is 0.151. The van der Waals surface area contributed by atoms with Crippen molar-refractivity contribution in [2.45, 2.75) is 130 Å². The molecule has 1 N–H and O–H groups in total. The van der Waals surface area contributed by atoms with Gasteiger partial charge in [-0.15, -0.1) is 0 Å². The Hall–Kier alpha value is -5.98. The Kier molecular flexibility index (Phi) is 12.0. The van der Waals surface area contributed by atoms with E-state index in [4.69, 9.17) is 21.4 Å². The van der Waals surface area contributed by atoms with E-state index < -0.39 is 0 Å². The normalized spacial score (nSPS) is 22.8. The Morgan fingerprint density at radius 3 is 2.31 bits per heavy atom. The topological polar surface area (TPSA) is 154 Å². The number of amides is 2. The van der Waals surface area contributed by atoms with Crippen LogP contribution in [0.5, 0.6) is 5.75 Å². The lowest BCUT2D eigenvalue weighted by Gasteiger charge is -2.63. The van der Waals surface area contributed by atoms with Gasteiger partial charge < -0.3 is 29.7 Å². The Morgan fingerprint density at radius 1 is 0.915 bits per heavy atom. The SMILES string of the molecule is CC(=O)N1CCc2c(c(N3CCCc4cc(-c5cnn(C)c5)c(C)cc43)nn2C2CCN(C3CCC4(CC3)CN(c3ncc(C(=O)NC5C(C)(C)C(Oc6ccc(C#N)c(Cl)c6)C5(C)C)cn3)C4)CC2)C1. The van der Waals surface area contributed by atoms with Crippen LogP contribution in [0.2, 0.25) is 5.02 Å². The number of hydrogen-bond acceptors (Lipinski definition) is 11. The van der Waals surface area contributed by atoms with Crippen molar-refractivity contribution in [1.29, 1.82) is 5.26 Å². The largest absolute Gasteiger partial charge is 0.489 e. The predicted molar refractivity (Wildman–Crippen MR) is 274 cm³/mol. The number of aryl methyl sites for hydroxylation is 3. The summed E-state index contributed by atoms with van der Waals surface area (Å²) in [6.07, 6.45) is 17.1. The minimum atomic E-state index is -0.373. The summed E-state index contributed by atoms with van der Waals surface area (Å²) in [5, 5.41) is 22.9. The minimum absolute atomic E-state index is 0.126. The number of halogens is 1. The van der Waals surface area contributed by atoms with Gasteiger partial charge in [-0.05, 0) is 99.2 Å². The first-order valence-corrected chi connectivity index (χ1v) is 26.1. The van der Waals surface area contributed by atoms with Crippen molar-refractivity contribution in [1.82, 2.24) is 44.6 Å². The Labute approximate surface area is 422 Å². The van der Waals surface area contributed by atoms with Gasteiger partial charge in [-0.1, -0.05) is 39.3 Å². The first-order valence-electron chi connectivity index (χ1n) is 25.8. The molecule has 4 fully saturated rings. The number of anilines is 3. The smallest absolute Gasteiger partial charge is 0.254 e. The van der Waals surface area contributed by atoms with Crippen molar-refractivity contribution >= 4 is 40.9 Å². The second kappa shape index (κ2) is 17.9. The molecule has 5 aromatic rings. The number of fused-ring (bicyclic) bond motifs is 2. The molecule has 11 rings (SSSR count). The van der Waals surface area contributed by atoms with Crippen molar-refractivity contribution in [2.75, 3.05) is 49.1 Å². The van der Waals surface area contributed by atoms with Crippen molar-refractivity contribution in [3.8, 4) is 22.9 Å². The number of carbonyl (C=O) groups excluding carboxylic acids is 2. The van der Waals surface area contributed by atoms with E-state index in [1.54, 1.807) is 37.5 Å². The second-order valence-electron chi connectivity index (χ2n) is 22.8. The maximum absolute atomic E-state index is 13.6. The van der Waals surface area contributed by atoms with Crippen LogP contribution in [0.4, 0.5) is 17.5 Å². The van der Waals surface area contributed by atoms with Crippen LogP contribution >= 0.6 is 11.6 Å². The number of hydrogen-bond donors (Lipinski definition) is 1. The van der Waals surface area contributed by atoms with Crippen molar-refractivity contribution < 1.29 is 14.3 Å². The summed E-state index contributed by atoms with van der Waals surface area (Å²) in [7, 11) is 1.97. The summed E-state index contributed by atoms with van der Waals surface area (Å²) in [4.78, 5) is 45.2. The van der Waals surface area contributed by atoms with Crippen LogP contribution in [-0.4, -0.2) is 109 Å². The number of rotatable bonds is 9. The van der Waals surface area contributed by atoms with Crippen LogP contribution < -0.4 is 19.9 Å². The molecular weight excluding hydrogens is 912 g/mol. The molecule has 0 atom stereocenters. The molecule has 71 heavy (non-hydrogen) atoms. The van der Waals surface area contributed by atoms with Gasteiger partial charge in [0.15, 0.2) is 5.82 Å². The summed E-state index contributed by atoms with van der Waals surface area (Å²) in [6.45, 7) is 18.6. The molecule has 4 aliphatic heterocycles. The van der Waals surface area contributed by atoms with Crippen molar-refractivity contribution in [3.63, 3.8) is 0 Å². The number of nitrogens with one attached hydrogen (secondary N) is 1. The highest BCUT2D eigenvalue weighted by atomic mass is 35.5. The van der Waals surface area contributed by atoms with E-state index in [-0.39, 0.29) is 34.8 Å². The summed E-state index contributed by atoms with van der Waals surface area (Å²) in [6, 6.07) is 12.7. The third kappa shape index (κ3) is 8.42. The molecule has 2 aromatic carbocycles. The number of likely N-dealkylation sites (tertiary alicyclic amines) is 1. The number of aromatic nitrogens is 6. The van der Waals surface area contributed by atoms with Crippen molar-refractivity contribution in [2.24, 2.45) is 23.3 Å². The number of benzene rings is 2. The molecule has 2 aliphatic carbocycles. The second-order valence-corrected chi connectivity index (χ2v) is 23.2. The van der Waals surface area contributed by atoms with Crippen LogP contribution in [0, 0.1) is 34.5 Å². The number of nitriles is 1. The molecule has 3 aromatic heterocycles. The highest BCUT2D eigenvalue weighted by Gasteiger charge is 2.64. The fourth-order valence-corrected chi connectivity index (χ4v) is 14.0. The van der Waals surface area contributed by atoms with E-state index in [1.165, 1.54) is 59.3 Å². The van der Waals surface area contributed by atoms with E-state index >= 15 is 0 Å². The Morgan fingerprint density at radius 2 is 1.65 bits per heavy atom. The van der Waals surface area contributed by atoms with Crippen molar-refractivity contribution in [3.05, 3.63) is 93.7 Å². The number of nitrogens with zero attached hydrogens (tertiary/aromatic N) is 11. The molecule has 2 saturated carbocycles. The van der Waals surface area contributed by atoms with Crippen LogP contribution in [0.25, 0.3) is 11.1 Å². The van der Waals surface area contributed by atoms with Gasteiger partial charge >= 0.3 is 0 Å². The highest BCUT2D eigenvalue weighted by molar-refractivity contribution is 6.31.